The fourth-order valence-corrected chi connectivity index (χ4v) is 2.30. The number of aromatic nitrogens is 1. The second kappa shape index (κ2) is 7.62. The number of hydrogen-bond donors (Lipinski definition) is 1. The standard InChI is InChI=1S/C15H21N3O2/c19-14(17-11-13-7-4-5-9-16-13)12-18-10-6-2-1-3-8-15(18)20/h4-5,7,9H,1-3,6,8,10-12H2,(H,17,19). The van der Waals surface area contributed by atoms with Gasteiger partial charge in [0, 0.05) is 19.2 Å². The molecule has 1 aliphatic rings. The molecule has 0 aliphatic carbocycles. The molecule has 0 spiro atoms. The summed E-state index contributed by atoms with van der Waals surface area (Å²) in [5.74, 6) is -0.0257. The molecule has 0 atom stereocenters. The van der Waals surface area contributed by atoms with E-state index in [0.29, 0.717) is 19.5 Å². The predicted octanol–water partition coefficient (Wildman–Crippen LogP) is 1.49. The van der Waals surface area contributed by atoms with E-state index < -0.39 is 0 Å². The molecule has 0 unspecified atom stereocenters. The summed E-state index contributed by atoms with van der Waals surface area (Å²) in [5.41, 5.74) is 0.819. The topological polar surface area (TPSA) is 62.3 Å². The van der Waals surface area contributed by atoms with E-state index in [1.807, 2.05) is 18.2 Å². The third kappa shape index (κ3) is 4.64. The van der Waals surface area contributed by atoms with Crippen molar-refractivity contribution in [2.75, 3.05) is 13.1 Å². The van der Waals surface area contributed by atoms with Crippen LogP contribution < -0.4 is 5.32 Å². The fraction of sp³-hybridized carbons (Fsp3) is 0.533. The predicted molar refractivity (Wildman–Crippen MR) is 75.7 cm³/mol. The molecular weight excluding hydrogens is 254 g/mol. The average molecular weight is 275 g/mol. The lowest BCUT2D eigenvalue weighted by atomic mass is 10.1. The summed E-state index contributed by atoms with van der Waals surface area (Å²) in [6, 6.07) is 5.59. The highest BCUT2D eigenvalue weighted by molar-refractivity contribution is 5.84. The number of nitrogens with zero attached hydrogens (tertiary/aromatic N) is 2. The molecule has 5 heteroatoms. The van der Waals surface area contributed by atoms with Crippen molar-refractivity contribution in [3.05, 3.63) is 30.1 Å². The van der Waals surface area contributed by atoms with Gasteiger partial charge in [-0.2, -0.15) is 0 Å². The number of carbonyl (C=O) groups is 2. The van der Waals surface area contributed by atoms with Gasteiger partial charge in [0.1, 0.15) is 0 Å². The molecule has 0 aromatic carbocycles. The van der Waals surface area contributed by atoms with Crippen LogP contribution in [0, 0.1) is 0 Å². The maximum absolute atomic E-state index is 11.9. The number of pyridine rings is 1. The van der Waals surface area contributed by atoms with Gasteiger partial charge in [0.2, 0.25) is 11.8 Å². The van der Waals surface area contributed by atoms with E-state index in [1.54, 1.807) is 11.1 Å². The fourth-order valence-electron chi connectivity index (χ4n) is 2.30. The van der Waals surface area contributed by atoms with E-state index in [4.69, 9.17) is 0 Å². The number of nitrogens with one attached hydrogen (secondary N) is 1. The monoisotopic (exact) mass is 275 g/mol. The zero-order valence-corrected chi connectivity index (χ0v) is 11.7. The van der Waals surface area contributed by atoms with Crippen LogP contribution in [0.2, 0.25) is 0 Å². The van der Waals surface area contributed by atoms with Gasteiger partial charge < -0.3 is 10.2 Å². The zero-order chi connectivity index (χ0) is 14.2. The lowest BCUT2D eigenvalue weighted by Crippen LogP contribution is -2.41. The van der Waals surface area contributed by atoms with Crippen LogP contribution in [0.5, 0.6) is 0 Å². The Hall–Kier alpha value is -1.91. The Balaban J connectivity index is 1.79. The summed E-state index contributed by atoms with van der Waals surface area (Å²) in [5, 5.41) is 2.81. The molecule has 1 N–H and O–H groups in total. The molecule has 5 nitrogen and oxygen atoms in total. The van der Waals surface area contributed by atoms with E-state index in [1.165, 1.54) is 0 Å². The number of likely N-dealkylation sites (tertiary alicyclic amines) is 1. The summed E-state index contributed by atoms with van der Waals surface area (Å²) < 4.78 is 0. The molecule has 2 heterocycles. The van der Waals surface area contributed by atoms with Gasteiger partial charge in [-0.25, -0.2) is 0 Å². The molecule has 0 bridgehead atoms. The molecule has 108 valence electrons. The van der Waals surface area contributed by atoms with Crippen LogP contribution in [-0.2, 0) is 16.1 Å². The molecule has 20 heavy (non-hydrogen) atoms. The number of carbonyl (C=O) groups excluding carboxylic acids is 2. The number of hydrogen-bond acceptors (Lipinski definition) is 3. The lowest BCUT2D eigenvalue weighted by Gasteiger charge is -2.24. The van der Waals surface area contributed by atoms with Gasteiger partial charge in [0.15, 0.2) is 0 Å². The zero-order valence-electron chi connectivity index (χ0n) is 11.7. The second-order valence-electron chi connectivity index (χ2n) is 5.08. The van der Waals surface area contributed by atoms with Crippen molar-refractivity contribution in [1.82, 2.24) is 15.2 Å². The molecule has 0 radical (unpaired) electrons. The van der Waals surface area contributed by atoms with Crippen LogP contribution in [-0.4, -0.2) is 34.8 Å². The molecular formula is C15H21N3O2. The first kappa shape index (κ1) is 14.5. The summed E-state index contributed by atoms with van der Waals surface area (Å²) in [4.78, 5) is 29.6. The first-order valence-electron chi connectivity index (χ1n) is 7.20. The van der Waals surface area contributed by atoms with Gasteiger partial charge in [0.25, 0.3) is 0 Å². The SMILES string of the molecule is O=C(CN1CCCCCCC1=O)NCc1ccccn1. The third-order valence-corrected chi connectivity index (χ3v) is 3.45. The maximum Gasteiger partial charge on any atom is 0.239 e. The molecule has 1 aromatic rings. The Labute approximate surface area is 119 Å². The largest absolute Gasteiger partial charge is 0.349 e. The summed E-state index contributed by atoms with van der Waals surface area (Å²) >= 11 is 0. The van der Waals surface area contributed by atoms with Crippen LogP contribution >= 0.6 is 0 Å². The highest BCUT2D eigenvalue weighted by atomic mass is 16.2. The van der Waals surface area contributed by atoms with Crippen molar-refractivity contribution in [2.24, 2.45) is 0 Å². The number of amides is 2. The maximum atomic E-state index is 11.9. The highest BCUT2D eigenvalue weighted by Crippen LogP contribution is 2.11. The van der Waals surface area contributed by atoms with Crippen molar-refractivity contribution >= 4 is 11.8 Å². The van der Waals surface area contributed by atoms with Crippen LogP contribution in [0.3, 0.4) is 0 Å². The van der Waals surface area contributed by atoms with Crippen LogP contribution in [0.4, 0.5) is 0 Å². The Bertz CT molecular complexity index is 448. The Morgan fingerprint density at radius 2 is 2.10 bits per heavy atom. The highest BCUT2D eigenvalue weighted by Gasteiger charge is 2.18. The molecule has 2 rings (SSSR count). The lowest BCUT2D eigenvalue weighted by molar-refractivity contribution is -0.136. The molecule has 2 amide bonds. The molecule has 1 fully saturated rings. The van der Waals surface area contributed by atoms with Crippen molar-refractivity contribution in [3.8, 4) is 0 Å². The Kier molecular flexibility index (Phi) is 5.53. The Morgan fingerprint density at radius 1 is 1.25 bits per heavy atom. The first-order chi connectivity index (χ1) is 9.75. The van der Waals surface area contributed by atoms with Gasteiger partial charge in [0.05, 0.1) is 18.8 Å². The minimum atomic E-state index is -0.121. The molecule has 1 aromatic heterocycles. The van der Waals surface area contributed by atoms with Gasteiger partial charge in [-0.15, -0.1) is 0 Å². The molecule has 1 saturated heterocycles. The first-order valence-corrected chi connectivity index (χ1v) is 7.20. The minimum Gasteiger partial charge on any atom is -0.349 e. The smallest absolute Gasteiger partial charge is 0.239 e. The van der Waals surface area contributed by atoms with E-state index in [2.05, 4.69) is 10.3 Å². The number of rotatable bonds is 4. The van der Waals surface area contributed by atoms with Crippen molar-refractivity contribution < 1.29 is 9.59 Å². The van der Waals surface area contributed by atoms with Gasteiger partial charge in [-0.1, -0.05) is 18.9 Å². The van der Waals surface area contributed by atoms with Crippen molar-refractivity contribution in [1.29, 1.82) is 0 Å². The van der Waals surface area contributed by atoms with E-state index >= 15 is 0 Å². The molecule has 0 saturated carbocycles. The van der Waals surface area contributed by atoms with Gasteiger partial charge >= 0.3 is 0 Å². The van der Waals surface area contributed by atoms with Crippen molar-refractivity contribution in [3.63, 3.8) is 0 Å². The third-order valence-electron chi connectivity index (χ3n) is 3.45. The summed E-state index contributed by atoms with van der Waals surface area (Å²) in [6.07, 6.45) is 6.44. The van der Waals surface area contributed by atoms with Crippen molar-refractivity contribution in [2.45, 2.75) is 38.6 Å². The van der Waals surface area contributed by atoms with Crippen LogP contribution in [0.15, 0.2) is 24.4 Å². The van der Waals surface area contributed by atoms with Gasteiger partial charge in [-0.3, -0.25) is 14.6 Å². The van der Waals surface area contributed by atoms with Crippen LogP contribution in [0.25, 0.3) is 0 Å². The van der Waals surface area contributed by atoms with Crippen LogP contribution in [0.1, 0.15) is 37.8 Å². The van der Waals surface area contributed by atoms with E-state index in [-0.39, 0.29) is 18.4 Å². The normalized spacial score (nSPS) is 16.4. The Morgan fingerprint density at radius 3 is 2.90 bits per heavy atom. The van der Waals surface area contributed by atoms with E-state index in [0.717, 1.165) is 31.4 Å². The van der Waals surface area contributed by atoms with Gasteiger partial charge in [-0.05, 0) is 25.0 Å². The molecule has 1 aliphatic heterocycles. The average Bonchev–Trinajstić information content (AvgIpc) is 2.46. The minimum absolute atomic E-state index is 0.0951. The van der Waals surface area contributed by atoms with E-state index in [9.17, 15) is 9.59 Å². The summed E-state index contributed by atoms with van der Waals surface area (Å²) in [7, 11) is 0. The second-order valence-corrected chi connectivity index (χ2v) is 5.08. The quantitative estimate of drug-likeness (QED) is 0.905. The summed E-state index contributed by atoms with van der Waals surface area (Å²) in [6.45, 7) is 1.25.